The molecule has 0 aromatic carbocycles. The van der Waals surface area contributed by atoms with E-state index in [9.17, 15) is 9.59 Å². The number of nitrogens with zero attached hydrogens (tertiary/aromatic N) is 2. The van der Waals surface area contributed by atoms with Crippen LogP contribution in [0.1, 0.15) is 41.9 Å². The summed E-state index contributed by atoms with van der Waals surface area (Å²) in [6.45, 7) is 2.91. The maximum Gasteiger partial charge on any atom is 0.308 e. The lowest BCUT2D eigenvalue weighted by molar-refractivity contribution is -0.131. The summed E-state index contributed by atoms with van der Waals surface area (Å²) in [4.78, 5) is 32.0. The Labute approximate surface area is 150 Å². The minimum atomic E-state index is -0.300. The number of fused-ring (bicyclic) bond motifs is 1. The van der Waals surface area contributed by atoms with Gasteiger partial charge in [0, 0.05) is 37.0 Å². The summed E-state index contributed by atoms with van der Waals surface area (Å²) < 4.78 is 5.22. The van der Waals surface area contributed by atoms with Crippen LogP contribution in [0.4, 0.5) is 0 Å². The van der Waals surface area contributed by atoms with Gasteiger partial charge in [-0.1, -0.05) is 6.07 Å². The lowest BCUT2D eigenvalue weighted by Crippen LogP contribution is -2.38. The Morgan fingerprint density at radius 3 is 2.88 bits per heavy atom. The third kappa shape index (κ3) is 3.50. The Morgan fingerprint density at radius 1 is 1.36 bits per heavy atom. The van der Waals surface area contributed by atoms with Crippen LogP contribution >= 0.6 is 11.3 Å². The number of ether oxygens (including phenoxy) is 1. The van der Waals surface area contributed by atoms with Crippen molar-refractivity contribution in [2.24, 2.45) is 5.92 Å². The predicted octanol–water partition coefficient (Wildman–Crippen LogP) is 3.15. The highest BCUT2D eigenvalue weighted by Crippen LogP contribution is 2.40. The Kier molecular flexibility index (Phi) is 4.39. The van der Waals surface area contributed by atoms with E-state index in [2.05, 4.69) is 9.88 Å². The summed E-state index contributed by atoms with van der Waals surface area (Å²) in [6, 6.07) is 7.41. The zero-order valence-corrected chi connectivity index (χ0v) is 14.9. The number of rotatable bonds is 5. The standard InChI is InChI=1S/C19H20N2O3S/c1-12(22)24-17-10-14-11-21(9-7-16(14)25-17)18(19(23)13-5-6-13)15-4-2-3-8-20-15/h2-4,8,10,13,18H,5-7,9,11H2,1H3. The molecule has 0 saturated heterocycles. The normalized spacial score (nSPS) is 18.4. The number of ketones is 1. The fraction of sp³-hybridized carbons (Fsp3) is 0.421. The van der Waals surface area contributed by atoms with Gasteiger partial charge < -0.3 is 4.74 Å². The number of carbonyl (C=O) groups is 2. The number of aromatic nitrogens is 1. The maximum atomic E-state index is 12.9. The molecule has 25 heavy (non-hydrogen) atoms. The van der Waals surface area contributed by atoms with Gasteiger partial charge in [-0.25, -0.2) is 0 Å². The van der Waals surface area contributed by atoms with E-state index in [1.165, 1.54) is 23.1 Å². The van der Waals surface area contributed by atoms with E-state index in [1.807, 2.05) is 24.3 Å². The molecule has 0 spiro atoms. The first-order valence-corrected chi connectivity index (χ1v) is 9.42. The monoisotopic (exact) mass is 356 g/mol. The van der Waals surface area contributed by atoms with Crippen LogP contribution < -0.4 is 4.74 Å². The van der Waals surface area contributed by atoms with Gasteiger partial charge in [0.05, 0.1) is 5.69 Å². The zero-order chi connectivity index (χ0) is 17.4. The van der Waals surface area contributed by atoms with E-state index in [-0.39, 0.29) is 23.7 Å². The summed E-state index contributed by atoms with van der Waals surface area (Å²) in [5, 5.41) is 0.641. The molecule has 0 N–H and O–H groups in total. The van der Waals surface area contributed by atoms with E-state index < -0.39 is 0 Å². The quantitative estimate of drug-likeness (QED) is 0.770. The van der Waals surface area contributed by atoms with Gasteiger partial charge in [-0.3, -0.25) is 19.5 Å². The van der Waals surface area contributed by atoms with Crippen LogP contribution in [0, 0.1) is 5.92 Å². The molecular weight excluding hydrogens is 336 g/mol. The zero-order valence-electron chi connectivity index (χ0n) is 14.1. The molecular formula is C19H20N2O3S. The van der Waals surface area contributed by atoms with E-state index >= 15 is 0 Å². The fourth-order valence-corrected chi connectivity index (χ4v) is 4.43. The first-order chi connectivity index (χ1) is 12.1. The van der Waals surface area contributed by atoms with Gasteiger partial charge in [-0.2, -0.15) is 0 Å². The average Bonchev–Trinajstić information content (AvgIpc) is 3.36. The molecule has 1 atom stereocenters. The molecule has 5 nitrogen and oxygen atoms in total. The topological polar surface area (TPSA) is 59.5 Å². The van der Waals surface area contributed by atoms with Crippen LogP contribution in [-0.2, 0) is 22.6 Å². The van der Waals surface area contributed by atoms with Crippen LogP contribution in [0.5, 0.6) is 5.06 Å². The summed E-state index contributed by atoms with van der Waals surface area (Å²) in [6.07, 6.45) is 4.61. The molecule has 0 amide bonds. The molecule has 1 aliphatic carbocycles. The second-order valence-corrected chi connectivity index (χ2v) is 7.76. The first-order valence-electron chi connectivity index (χ1n) is 8.60. The maximum absolute atomic E-state index is 12.9. The number of carbonyl (C=O) groups excluding carboxylic acids is 2. The molecule has 1 saturated carbocycles. The summed E-state index contributed by atoms with van der Waals surface area (Å²) in [7, 11) is 0. The summed E-state index contributed by atoms with van der Waals surface area (Å²) >= 11 is 1.53. The Balaban J connectivity index is 1.59. The van der Waals surface area contributed by atoms with Gasteiger partial charge in [0.15, 0.2) is 10.8 Å². The number of hydrogen-bond acceptors (Lipinski definition) is 6. The fourth-order valence-electron chi connectivity index (χ4n) is 3.38. The van der Waals surface area contributed by atoms with Crippen molar-refractivity contribution in [1.82, 2.24) is 9.88 Å². The van der Waals surface area contributed by atoms with Crippen molar-refractivity contribution in [2.45, 2.75) is 38.8 Å². The van der Waals surface area contributed by atoms with Crippen molar-refractivity contribution in [2.75, 3.05) is 6.54 Å². The lowest BCUT2D eigenvalue weighted by Gasteiger charge is -2.33. The summed E-state index contributed by atoms with van der Waals surface area (Å²) in [5.74, 6) is 0.177. The van der Waals surface area contributed by atoms with Crippen LogP contribution in [0.2, 0.25) is 0 Å². The van der Waals surface area contributed by atoms with Gasteiger partial charge in [-0.15, -0.1) is 11.3 Å². The van der Waals surface area contributed by atoms with Gasteiger partial charge in [0.2, 0.25) is 0 Å². The number of Topliss-reactive ketones (excluding diaryl/α,β-unsaturated/α-hetero) is 1. The van der Waals surface area contributed by atoms with E-state index in [1.54, 1.807) is 6.20 Å². The minimum Gasteiger partial charge on any atom is -0.416 e. The highest BCUT2D eigenvalue weighted by Gasteiger charge is 2.40. The highest BCUT2D eigenvalue weighted by atomic mass is 32.1. The van der Waals surface area contributed by atoms with Crippen LogP contribution in [0.15, 0.2) is 30.5 Å². The molecule has 1 unspecified atom stereocenters. The van der Waals surface area contributed by atoms with Gasteiger partial charge in [0.1, 0.15) is 6.04 Å². The molecule has 0 bridgehead atoms. The molecule has 3 heterocycles. The van der Waals surface area contributed by atoms with E-state index in [0.717, 1.165) is 37.1 Å². The smallest absolute Gasteiger partial charge is 0.308 e. The molecule has 2 aromatic heterocycles. The lowest BCUT2D eigenvalue weighted by atomic mass is 9.99. The second kappa shape index (κ2) is 6.69. The van der Waals surface area contributed by atoms with E-state index in [0.29, 0.717) is 11.6 Å². The summed E-state index contributed by atoms with van der Waals surface area (Å²) in [5.41, 5.74) is 1.98. The highest BCUT2D eigenvalue weighted by molar-refractivity contribution is 7.14. The van der Waals surface area contributed by atoms with Crippen LogP contribution in [0.3, 0.4) is 0 Å². The van der Waals surface area contributed by atoms with Gasteiger partial charge in [-0.05, 0) is 43.0 Å². The molecule has 1 fully saturated rings. The Morgan fingerprint density at radius 2 is 2.20 bits per heavy atom. The predicted molar refractivity (Wildman–Crippen MR) is 94.5 cm³/mol. The van der Waals surface area contributed by atoms with Gasteiger partial charge >= 0.3 is 5.97 Å². The molecule has 2 aromatic rings. The second-order valence-electron chi connectivity index (χ2n) is 6.66. The van der Waals surface area contributed by atoms with Crippen molar-refractivity contribution in [3.05, 3.63) is 46.6 Å². The van der Waals surface area contributed by atoms with Crippen molar-refractivity contribution < 1.29 is 14.3 Å². The van der Waals surface area contributed by atoms with E-state index in [4.69, 9.17) is 4.74 Å². The number of esters is 1. The Hall–Kier alpha value is -2.05. The molecule has 2 aliphatic rings. The van der Waals surface area contributed by atoms with Crippen molar-refractivity contribution in [3.8, 4) is 5.06 Å². The van der Waals surface area contributed by atoms with Crippen molar-refractivity contribution in [1.29, 1.82) is 0 Å². The molecule has 1 aliphatic heterocycles. The Bertz CT molecular complexity index is 798. The van der Waals surface area contributed by atoms with Crippen molar-refractivity contribution in [3.63, 3.8) is 0 Å². The van der Waals surface area contributed by atoms with Crippen LogP contribution in [-0.4, -0.2) is 28.2 Å². The largest absolute Gasteiger partial charge is 0.416 e. The third-order valence-electron chi connectivity index (χ3n) is 4.70. The van der Waals surface area contributed by atoms with Gasteiger partial charge in [0.25, 0.3) is 0 Å². The number of pyridine rings is 1. The van der Waals surface area contributed by atoms with Crippen molar-refractivity contribution >= 4 is 23.1 Å². The number of hydrogen-bond donors (Lipinski definition) is 0. The molecule has 6 heteroatoms. The molecule has 0 radical (unpaired) electrons. The first kappa shape index (κ1) is 16.4. The average molecular weight is 356 g/mol. The molecule has 130 valence electrons. The van der Waals surface area contributed by atoms with Crippen LogP contribution in [0.25, 0.3) is 0 Å². The third-order valence-corrected chi connectivity index (χ3v) is 5.82. The minimum absolute atomic E-state index is 0.187. The number of thiophene rings is 1. The SMILES string of the molecule is CC(=O)Oc1cc2c(s1)CCN(C(C(=O)C1CC1)c1ccccn1)C2. The molecule has 4 rings (SSSR count).